The fourth-order valence-electron chi connectivity index (χ4n) is 3.10. The first-order valence-electron chi connectivity index (χ1n) is 10.4. The zero-order valence-corrected chi connectivity index (χ0v) is 17.9. The number of ether oxygens (including phenoxy) is 3. The maximum Gasteiger partial charge on any atom is 0.513 e. The van der Waals surface area contributed by atoms with Crippen molar-refractivity contribution in [1.82, 2.24) is 5.32 Å². The highest BCUT2D eigenvalue weighted by Crippen LogP contribution is 2.16. The molecule has 0 bridgehead atoms. The smallest absolute Gasteiger partial charge is 0.434 e. The van der Waals surface area contributed by atoms with Crippen LogP contribution in [-0.2, 0) is 20.8 Å². The summed E-state index contributed by atoms with van der Waals surface area (Å²) >= 11 is 0. The molecule has 3 rings (SSSR count). The Labute approximate surface area is 186 Å². The highest BCUT2D eigenvalue weighted by Gasteiger charge is 2.10. The summed E-state index contributed by atoms with van der Waals surface area (Å²) in [4.78, 5) is 36.0. The number of carbonyl (C=O) groups is 3. The van der Waals surface area contributed by atoms with Crippen LogP contribution in [0.15, 0.2) is 60.2 Å². The summed E-state index contributed by atoms with van der Waals surface area (Å²) < 4.78 is 15.0. The van der Waals surface area contributed by atoms with Gasteiger partial charge in [0.2, 0.25) is 5.91 Å². The van der Waals surface area contributed by atoms with E-state index in [0.717, 1.165) is 24.0 Å². The summed E-state index contributed by atoms with van der Waals surface area (Å²) in [6.07, 6.45) is 2.39. The Morgan fingerprint density at radius 3 is 2.53 bits per heavy atom. The first-order chi connectivity index (χ1) is 15.5. The average molecular weight is 438 g/mol. The Bertz CT molecular complexity index is 976. The van der Waals surface area contributed by atoms with E-state index in [2.05, 4.69) is 10.6 Å². The zero-order valence-electron chi connectivity index (χ0n) is 17.9. The van der Waals surface area contributed by atoms with E-state index in [9.17, 15) is 14.4 Å². The summed E-state index contributed by atoms with van der Waals surface area (Å²) in [5.41, 5.74) is 3.01. The minimum absolute atomic E-state index is 0.173. The average Bonchev–Trinajstić information content (AvgIpc) is 2.79. The Balaban J connectivity index is 1.51. The summed E-state index contributed by atoms with van der Waals surface area (Å²) in [6.45, 7) is 3.49. The van der Waals surface area contributed by atoms with Gasteiger partial charge in [0, 0.05) is 23.9 Å². The largest absolute Gasteiger partial charge is 0.513 e. The standard InChI is InChI=1S/C24H26N2O6/c1-2-31-24(29)32-21-8-6-19(7-9-21)23(28)25-16-18-4-3-5-20(14-18)26-22(27)15-17-10-12-30-13-11-17/h3-9,14-15H,2,10-13,16H2,1H3,(H,25,28)(H,26,27). The van der Waals surface area contributed by atoms with E-state index in [-0.39, 0.29) is 18.4 Å². The van der Waals surface area contributed by atoms with Gasteiger partial charge in [0.15, 0.2) is 0 Å². The number of amides is 2. The summed E-state index contributed by atoms with van der Waals surface area (Å²) in [5.74, 6) is -0.154. The lowest BCUT2D eigenvalue weighted by molar-refractivity contribution is -0.112. The van der Waals surface area contributed by atoms with Crippen LogP contribution in [0.3, 0.4) is 0 Å². The highest BCUT2D eigenvalue weighted by atomic mass is 16.7. The van der Waals surface area contributed by atoms with Crippen LogP contribution in [0.25, 0.3) is 0 Å². The predicted octanol–water partition coefficient (Wildman–Crippen LogP) is 3.83. The molecule has 0 radical (unpaired) electrons. The molecule has 0 spiro atoms. The van der Waals surface area contributed by atoms with Crippen LogP contribution >= 0.6 is 0 Å². The van der Waals surface area contributed by atoms with Crippen molar-refractivity contribution in [2.75, 3.05) is 25.1 Å². The summed E-state index contributed by atoms with van der Waals surface area (Å²) in [7, 11) is 0. The van der Waals surface area contributed by atoms with Gasteiger partial charge in [-0.05, 0) is 61.7 Å². The maximum absolute atomic E-state index is 12.4. The van der Waals surface area contributed by atoms with Crippen molar-refractivity contribution in [2.24, 2.45) is 0 Å². The lowest BCUT2D eigenvalue weighted by Crippen LogP contribution is -2.22. The highest BCUT2D eigenvalue weighted by molar-refractivity contribution is 5.99. The number of rotatable bonds is 7. The molecule has 2 amide bonds. The Kier molecular flexibility index (Phi) is 8.39. The molecule has 2 aromatic carbocycles. The number of hydrogen-bond donors (Lipinski definition) is 2. The molecular formula is C24H26N2O6. The van der Waals surface area contributed by atoms with Crippen molar-refractivity contribution < 1.29 is 28.6 Å². The van der Waals surface area contributed by atoms with Gasteiger partial charge in [0.25, 0.3) is 5.91 Å². The Morgan fingerprint density at radius 2 is 1.81 bits per heavy atom. The molecule has 1 saturated heterocycles. The molecule has 2 N–H and O–H groups in total. The Hall–Kier alpha value is -3.65. The minimum atomic E-state index is -0.791. The predicted molar refractivity (Wildman–Crippen MR) is 118 cm³/mol. The van der Waals surface area contributed by atoms with Crippen LogP contribution in [-0.4, -0.2) is 37.8 Å². The van der Waals surface area contributed by atoms with Crippen molar-refractivity contribution >= 4 is 23.7 Å². The third-order valence-corrected chi connectivity index (χ3v) is 4.70. The molecule has 168 valence electrons. The van der Waals surface area contributed by atoms with Gasteiger partial charge in [-0.25, -0.2) is 4.79 Å². The fourth-order valence-corrected chi connectivity index (χ4v) is 3.10. The van der Waals surface area contributed by atoms with Crippen molar-refractivity contribution in [3.63, 3.8) is 0 Å². The topological polar surface area (TPSA) is 103 Å². The fraction of sp³-hybridized carbons (Fsp3) is 0.292. The van der Waals surface area contributed by atoms with Gasteiger partial charge >= 0.3 is 6.16 Å². The lowest BCUT2D eigenvalue weighted by Gasteiger charge is -2.14. The molecule has 0 unspecified atom stereocenters. The van der Waals surface area contributed by atoms with Crippen LogP contribution in [0.1, 0.15) is 35.7 Å². The number of benzene rings is 2. The summed E-state index contributed by atoms with van der Waals surface area (Å²) in [6, 6.07) is 13.5. The van der Waals surface area contributed by atoms with E-state index in [4.69, 9.17) is 14.2 Å². The first-order valence-corrected chi connectivity index (χ1v) is 10.4. The van der Waals surface area contributed by atoms with Crippen molar-refractivity contribution in [3.05, 3.63) is 71.3 Å². The second-order valence-corrected chi connectivity index (χ2v) is 7.10. The van der Waals surface area contributed by atoms with E-state index in [1.54, 1.807) is 31.2 Å². The number of nitrogens with one attached hydrogen (secondary N) is 2. The van der Waals surface area contributed by atoms with Crippen LogP contribution in [0.5, 0.6) is 5.75 Å². The first kappa shape index (κ1) is 23.0. The van der Waals surface area contributed by atoms with Crippen LogP contribution < -0.4 is 15.4 Å². The lowest BCUT2D eigenvalue weighted by atomic mass is 10.1. The van der Waals surface area contributed by atoms with Gasteiger partial charge in [0.05, 0.1) is 19.8 Å². The minimum Gasteiger partial charge on any atom is -0.434 e. The molecule has 32 heavy (non-hydrogen) atoms. The van der Waals surface area contributed by atoms with Gasteiger partial charge in [-0.2, -0.15) is 0 Å². The second kappa shape index (κ2) is 11.7. The van der Waals surface area contributed by atoms with Crippen molar-refractivity contribution in [3.8, 4) is 5.75 Å². The maximum atomic E-state index is 12.4. The van der Waals surface area contributed by atoms with Crippen LogP contribution in [0.4, 0.5) is 10.5 Å². The Morgan fingerprint density at radius 1 is 1.06 bits per heavy atom. The van der Waals surface area contributed by atoms with Gasteiger partial charge in [-0.15, -0.1) is 0 Å². The van der Waals surface area contributed by atoms with E-state index in [0.29, 0.717) is 36.8 Å². The third-order valence-electron chi connectivity index (χ3n) is 4.70. The van der Waals surface area contributed by atoms with Gasteiger partial charge in [-0.1, -0.05) is 17.7 Å². The van der Waals surface area contributed by atoms with Crippen LogP contribution in [0.2, 0.25) is 0 Å². The molecule has 0 aromatic heterocycles. The van der Waals surface area contributed by atoms with Gasteiger partial charge in [-0.3, -0.25) is 9.59 Å². The van der Waals surface area contributed by atoms with Gasteiger partial charge in [0.1, 0.15) is 5.75 Å². The molecule has 0 aliphatic carbocycles. The van der Waals surface area contributed by atoms with Crippen molar-refractivity contribution in [1.29, 1.82) is 0 Å². The monoisotopic (exact) mass is 438 g/mol. The molecule has 1 aliphatic heterocycles. The second-order valence-electron chi connectivity index (χ2n) is 7.10. The quantitative estimate of drug-likeness (QED) is 0.387. The molecule has 8 heteroatoms. The van der Waals surface area contributed by atoms with E-state index >= 15 is 0 Å². The molecule has 8 nitrogen and oxygen atoms in total. The van der Waals surface area contributed by atoms with E-state index in [1.165, 1.54) is 12.1 Å². The van der Waals surface area contributed by atoms with E-state index in [1.807, 2.05) is 18.2 Å². The molecule has 1 heterocycles. The molecule has 0 saturated carbocycles. The molecule has 0 atom stereocenters. The summed E-state index contributed by atoms with van der Waals surface area (Å²) in [5, 5.41) is 5.69. The number of carbonyl (C=O) groups excluding carboxylic acids is 3. The number of anilines is 1. The van der Waals surface area contributed by atoms with Crippen LogP contribution in [0, 0.1) is 0 Å². The molecule has 2 aromatic rings. The number of hydrogen-bond acceptors (Lipinski definition) is 6. The molecule has 1 aliphatic rings. The van der Waals surface area contributed by atoms with E-state index < -0.39 is 6.16 Å². The third kappa shape index (κ3) is 7.24. The van der Waals surface area contributed by atoms with Crippen molar-refractivity contribution in [2.45, 2.75) is 26.3 Å². The SMILES string of the molecule is CCOC(=O)Oc1ccc(C(=O)NCc2cccc(NC(=O)C=C3CCOCC3)c2)cc1. The zero-order chi connectivity index (χ0) is 22.8. The normalized spacial score (nSPS) is 13.1. The van der Waals surface area contributed by atoms with Gasteiger partial charge < -0.3 is 24.8 Å². The molecule has 1 fully saturated rings. The molecular weight excluding hydrogens is 412 g/mol.